The molecule has 108 valence electrons. The predicted octanol–water partition coefficient (Wildman–Crippen LogP) is 4.03. The molecule has 0 aromatic heterocycles. The molecule has 0 unspecified atom stereocenters. The molecule has 1 aromatic carbocycles. The summed E-state index contributed by atoms with van der Waals surface area (Å²) in [6, 6.07) is 7.09. The molecule has 3 heteroatoms. The van der Waals surface area contributed by atoms with Gasteiger partial charge in [-0.25, -0.2) is 0 Å². The topological polar surface area (TPSA) is 37.4 Å². The Morgan fingerprint density at radius 2 is 1.30 bits per heavy atom. The fraction of sp³-hybridized carbons (Fsp3) is 0.529. The monoisotopic (exact) mass is 273 g/mol. The molecule has 0 saturated heterocycles. The van der Waals surface area contributed by atoms with E-state index in [9.17, 15) is 9.59 Å². The Labute approximate surface area is 121 Å². The van der Waals surface area contributed by atoms with E-state index in [1.165, 1.54) is 37.0 Å². The molecule has 0 spiro atoms. The number of fused-ring (bicyclic) bond motifs is 1. The summed E-state index contributed by atoms with van der Waals surface area (Å²) in [5.74, 6) is -0.256. The first-order chi connectivity index (χ1) is 9.75. The highest BCUT2D eigenvalue weighted by Crippen LogP contribution is 2.22. The fourth-order valence-electron chi connectivity index (χ4n) is 2.67. The van der Waals surface area contributed by atoms with Crippen LogP contribution in [0.4, 0.5) is 0 Å². The van der Waals surface area contributed by atoms with Crippen molar-refractivity contribution in [3.63, 3.8) is 0 Å². The van der Waals surface area contributed by atoms with Gasteiger partial charge in [0, 0.05) is 6.54 Å². The molecule has 0 fully saturated rings. The Kier molecular flexibility index (Phi) is 5.33. The van der Waals surface area contributed by atoms with Gasteiger partial charge in [-0.3, -0.25) is 14.5 Å². The fourth-order valence-corrected chi connectivity index (χ4v) is 2.67. The molecule has 3 nitrogen and oxygen atoms in total. The van der Waals surface area contributed by atoms with Crippen molar-refractivity contribution in [2.24, 2.45) is 0 Å². The number of unbranched alkanes of at least 4 members (excludes halogenated alkanes) is 6. The van der Waals surface area contributed by atoms with E-state index in [1.54, 1.807) is 24.3 Å². The minimum Gasteiger partial charge on any atom is -0.274 e. The SMILES string of the molecule is CCCCCCCCCN1C(=O)c2ccccc2C1=O. The molecule has 0 saturated carbocycles. The molecular weight excluding hydrogens is 250 g/mol. The number of benzene rings is 1. The van der Waals surface area contributed by atoms with Crippen LogP contribution in [0.3, 0.4) is 0 Å². The van der Waals surface area contributed by atoms with Gasteiger partial charge >= 0.3 is 0 Å². The first-order valence-electron chi connectivity index (χ1n) is 7.71. The van der Waals surface area contributed by atoms with E-state index in [2.05, 4.69) is 6.92 Å². The lowest BCUT2D eigenvalue weighted by molar-refractivity contribution is 0.0651. The first-order valence-corrected chi connectivity index (χ1v) is 7.71. The van der Waals surface area contributed by atoms with Crippen LogP contribution in [0, 0.1) is 0 Å². The molecule has 0 aliphatic carbocycles. The Hall–Kier alpha value is -1.64. The van der Waals surface area contributed by atoms with E-state index in [-0.39, 0.29) is 11.8 Å². The van der Waals surface area contributed by atoms with Gasteiger partial charge in [-0.15, -0.1) is 0 Å². The van der Waals surface area contributed by atoms with Crippen molar-refractivity contribution in [1.82, 2.24) is 4.90 Å². The normalized spacial score (nSPS) is 13.9. The number of amides is 2. The van der Waals surface area contributed by atoms with Crippen LogP contribution in [0.1, 0.15) is 72.6 Å². The van der Waals surface area contributed by atoms with Gasteiger partial charge < -0.3 is 0 Å². The zero-order chi connectivity index (χ0) is 14.4. The summed E-state index contributed by atoms with van der Waals surface area (Å²) >= 11 is 0. The van der Waals surface area contributed by atoms with Crippen LogP contribution in [0.2, 0.25) is 0 Å². The second-order valence-electron chi connectivity index (χ2n) is 5.43. The van der Waals surface area contributed by atoms with E-state index < -0.39 is 0 Å². The molecule has 0 N–H and O–H groups in total. The minimum atomic E-state index is -0.128. The maximum absolute atomic E-state index is 12.1. The van der Waals surface area contributed by atoms with Crippen molar-refractivity contribution in [2.45, 2.75) is 51.9 Å². The van der Waals surface area contributed by atoms with E-state index in [4.69, 9.17) is 0 Å². The highest BCUT2D eigenvalue weighted by Gasteiger charge is 2.34. The minimum absolute atomic E-state index is 0.128. The molecule has 0 bridgehead atoms. The smallest absolute Gasteiger partial charge is 0.261 e. The highest BCUT2D eigenvalue weighted by molar-refractivity contribution is 6.21. The summed E-state index contributed by atoms with van der Waals surface area (Å²) < 4.78 is 0. The number of rotatable bonds is 8. The van der Waals surface area contributed by atoms with Crippen LogP contribution in [-0.4, -0.2) is 23.3 Å². The number of carbonyl (C=O) groups excluding carboxylic acids is 2. The summed E-state index contributed by atoms with van der Waals surface area (Å²) in [6.45, 7) is 2.77. The maximum atomic E-state index is 12.1. The van der Waals surface area contributed by atoms with Crippen LogP contribution in [-0.2, 0) is 0 Å². The average molecular weight is 273 g/mol. The summed E-state index contributed by atoms with van der Waals surface area (Å²) in [6.07, 6.45) is 8.32. The Bertz CT molecular complexity index is 447. The molecule has 0 radical (unpaired) electrons. The Morgan fingerprint density at radius 3 is 1.85 bits per heavy atom. The number of hydrogen-bond donors (Lipinski definition) is 0. The molecular formula is C17H23NO2. The van der Waals surface area contributed by atoms with E-state index in [1.807, 2.05) is 0 Å². The van der Waals surface area contributed by atoms with E-state index in [0.717, 1.165) is 12.8 Å². The number of carbonyl (C=O) groups is 2. The third-order valence-corrected chi connectivity index (χ3v) is 3.86. The zero-order valence-electron chi connectivity index (χ0n) is 12.2. The largest absolute Gasteiger partial charge is 0.274 e. The van der Waals surface area contributed by atoms with Crippen LogP contribution in [0.25, 0.3) is 0 Å². The first kappa shape index (κ1) is 14.8. The lowest BCUT2D eigenvalue weighted by Crippen LogP contribution is -2.30. The van der Waals surface area contributed by atoms with Gasteiger partial charge in [-0.2, -0.15) is 0 Å². The standard InChI is InChI=1S/C17H23NO2/c1-2-3-4-5-6-7-10-13-18-16(19)14-11-8-9-12-15(14)17(18)20/h8-9,11-12H,2-7,10,13H2,1H3. The third kappa shape index (κ3) is 3.27. The number of nitrogens with zero attached hydrogens (tertiary/aromatic N) is 1. The average Bonchev–Trinajstić information content (AvgIpc) is 2.71. The van der Waals surface area contributed by atoms with E-state index in [0.29, 0.717) is 17.7 Å². The van der Waals surface area contributed by atoms with Gasteiger partial charge in [0.25, 0.3) is 11.8 Å². The molecule has 0 atom stereocenters. The van der Waals surface area contributed by atoms with Crippen molar-refractivity contribution in [1.29, 1.82) is 0 Å². The summed E-state index contributed by atoms with van der Waals surface area (Å²) in [5, 5.41) is 0. The molecule has 2 rings (SSSR count). The Balaban J connectivity index is 1.75. The van der Waals surface area contributed by atoms with Crippen molar-refractivity contribution in [3.8, 4) is 0 Å². The van der Waals surface area contributed by atoms with Gasteiger partial charge in [0.1, 0.15) is 0 Å². The second-order valence-corrected chi connectivity index (χ2v) is 5.43. The molecule has 1 aliphatic rings. The molecule has 1 aromatic rings. The second kappa shape index (κ2) is 7.22. The van der Waals surface area contributed by atoms with Crippen molar-refractivity contribution in [2.75, 3.05) is 6.54 Å². The zero-order valence-corrected chi connectivity index (χ0v) is 12.2. The summed E-state index contributed by atoms with van der Waals surface area (Å²) in [4.78, 5) is 25.6. The summed E-state index contributed by atoms with van der Waals surface area (Å²) in [5.41, 5.74) is 1.11. The predicted molar refractivity (Wildman–Crippen MR) is 79.8 cm³/mol. The Morgan fingerprint density at radius 1 is 0.800 bits per heavy atom. The number of hydrogen-bond acceptors (Lipinski definition) is 2. The van der Waals surface area contributed by atoms with Crippen molar-refractivity contribution in [3.05, 3.63) is 35.4 Å². The van der Waals surface area contributed by atoms with Gasteiger partial charge in [-0.05, 0) is 18.6 Å². The lowest BCUT2D eigenvalue weighted by atomic mass is 10.1. The van der Waals surface area contributed by atoms with Gasteiger partial charge in [-0.1, -0.05) is 57.6 Å². The quantitative estimate of drug-likeness (QED) is 0.529. The van der Waals surface area contributed by atoms with Crippen molar-refractivity contribution >= 4 is 11.8 Å². The van der Waals surface area contributed by atoms with Gasteiger partial charge in [0.2, 0.25) is 0 Å². The van der Waals surface area contributed by atoms with Crippen LogP contribution in [0.5, 0.6) is 0 Å². The summed E-state index contributed by atoms with van der Waals surface area (Å²) in [7, 11) is 0. The highest BCUT2D eigenvalue weighted by atomic mass is 16.2. The van der Waals surface area contributed by atoms with Gasteiger partial charge in [0.15, 0.2) is 0 Å². The maximum Gasteiger partial charge on any atom is 0.261 e. The molecule has 1 heterocycles. The van der Waals surface area contributed by atoms with Gasteiger partial charge in [0.05, 0.1) is 11.1 Å². The third-order valence-electron chi connectivity index (χ3n) is 3.86. The van der Waals surface area contributed by atoms with Crippen LogP contribution < -0.4 is 0 Å². The van der Waals surface area contributed by atoms with Crippen LogP contribution >= 0.6 is 0 Å². The molecule has 1 aliphatic heterocycles. The molecule has 2 amide bonds. The van der Waals surface area contributed by atoms with Crippen LogP contribution in [0.15, 0.2) is 24.3 Å². The van der Waals surface area contributed by atoms with Crippen molar-refractivity contribution < 1.29 is 9.59 Å². The lowest BCUT2D eigenvalue weighted by Gasteiger charge is -2.13. The number of imide groups is 1. The van der Waals surface area contributed by atoms with E-state index >= 15 is 0 Å². The molecule has 20 heavy (non-hydrogen) atoms.